The quantitative estimate of drug-likeness (QED) is 0.0818. The molecule has 1 atom stereocenters. The van der Waals surface area contributed by atoms with E-state index in [9.17, 15) is 9.59 Å². The van der Waals surface area contributed by atoms with Crippen molar-refractivity contribution >= 4 is 33.2 Å². The molecular formula is C45H50N2O7S. The van der Waals surface area contributed by atoms with Crippen LogP contribution in [0, 0.1) is 0 Å². The first-order valence-corrected chi connectivity index (χ1v) is 19.9. The maximum absolute atomic E-state index is 14.6. The monoisotopic (exact) mass is 762 g/mol. The van der Waals surface area contributed by atoms with Gasteiger partial charge in [0.15, 0.2) is 5.78 Å². The summed E-state index contributed by atoms with van der Waals surface area (Å²) in [6.45, 7) is 12.0. The smallest absolute Gasteiger partial charge is 0.323 e. The first kappa shape index (κ1) is 38.5. The van der Waals surface area contributed by atoms with Gasteiger partial charge in [0, 0.05) is 57.8 Å². The Hall–Kier alpha value is -4.74. The molecule has 3 heterocycles. The Kier molecular flexibility index (Phi) is 12.2. The van der Waals surface area contributed by atoms with Crippen molar-refractivity contribution in [3.63, 3.8) is 0 Å². The van der Waals surface area contributed by atoms with Crippen LogP contribution < -0.4 is 14.2 Å². The summed E-state index contributed by atoms with van der Waals surface area (Å²) in [5.74, 6) is 1.93. The molecule has 0 amide bonds. The Bertz CT molecular complexity index is 2080. The molecule has 0 unspecified atom stereocenters. The van der Waals surface area contributed by atoms with Gasteiger partial charge in [0.05, 0.1) is 20.3 Å². The van der Waals surface area contributed by atoms with Crippen LogP contribution in [0.15, 0.2) is 91.0 Å². The number of carbonyl (C=O) groups excluding carboxylic acids is 2. The summed E-state index contributed by atoms with van der Waals surface area (Å²) in [6, 6.07) is 29.5. The molecule has 2 aliphatic rings. The van der Waals surface area contributed by atoms with Gasteiger partial charge >= 0.3 is 5.97 Å². The fourth-order valence-electron chi connectivity index (χ4n) is 7.21. The molecule has 0 spiro atoms. The number of ether oxygens (including phenoxy) is 5. The first-order chi connectivity index (χ1) is 26.6. The molecular weight excluding hydrogens is 713 g/mol. The lowest BCUT2D eigenvalue weighted by atomic mass is 9.96. The zero-order chi connectivity index (χ0) is 38.4. The largest absolute Gasteiger partial charge is 0.496 e. The number of hydrogen-bond acceptors (Lipinski definition) is 10. The van der Waals surface area contributed by atoms with E-state index >= 15 is 0 Å². The number of likely N-dealkylation sites (tertiary alicyclic amines) is 1. The predicted molar refractivity (Wildman–Crippen MR) is 216 cm³/mol. The third-order valence-electron chi connectivity index (χ3n) is 9.99. The minimum Gasteiger partial charge on any atom is -0.496 e. The highest BCUT2D eigenvalue weighted by Gasteiger charge is 2.34. The summed E-state index contributed by atoms with van der Waals surface area (Å²) in [5.41, 5.74) is 3.75. The van der Waals surface area contributed by atoms with Crippen molar-refractivity contribution in [3.05, 3.63) is 113 Å². The lowest BCUT2D eigenvalue weighted by molar-refractivity contribution is -0.160. The Morgan fingerprint density at radius 1 is 0.873 bits per heavy atom. The van der Waals surface area contributed by atoms with Gasteiger partial charge in [0.25, 0.3) is 0 Å². The molecule has 4 aromatic carbocycles. The molecule has 0 N–H and O–H groups in total. The van der Waals surface area contributed by atoms with Gasteiger partial charge in [0.2, 0.25) is 0 Å². The maximum atomic E-state index is 14.6. The molecule has 10 heteroatoms. The van der Waals surface area contributed by atoms with Gasteiger partial charge in [0.1, 0.15) is 42.1 Å². The van der Waals surface area contributed by atoms with Crippen LogP contribution in [0.4, 0.5) is 0 Å². The van der Waals surface area contributed by atoms with Crippen molar-refractivity contribution in [3.8, 4) is 27.7 Å². The summed E-state index contributed by atoms with van der Waals surface area (Å²) < 4.78 is 30.3. The van der Waals surface area contributed by atoms with Gasteiger partial charge in [-0.1, -0.05) is 42.5 Å². The van der Waals surface area contributed by atoms with Gasteiger partial charge < -0.3 is 23.7 Å². The lowest BCUT2D eigenvalue weighted by Crippen LogP contribution is -2.42. The number of benzene rings is 4. The zero-order valence-electron chi connectivity index (χ0n) is 32.2. The SMILES string of the molecule is COc1cc(C(=O)c2c(-c3ccc(OCCN4CCC[C@H]4C(=O)OC(C)(C)C)cc3)sc3cc(OCc4ccccc4)ccc23)ccc1CN1CCOCC1. The summed E-state index contributed by atoms with van der Waals surface area (Å²) in [4.78, 5) is 32.8. The molecule has 55 heavy (non-hydrogen) atoms. The Labute approximate surface area is 327 Å². The topological polar surface area (TPSA) is 86.8 Å². The summed E-state index contributed by atoms with van der Waals surface area (Å²) >= 11 is 1.58. The third-order valence-corrected chi connectivity index (χ3v) is 11.2. The van der Waals surface area contributed by atoms with Gasteiger partial charge in [-0.25, -0.2) is 0 Å². The van der Waals surface area contributed by atoms with E-state index in [0.29, 0.717) is 49.8 Å². The average Bonchev–Trinajstić information content (AvgIpc) is 3.82. The van der Waals surface area contributed by atoms with Crippen LogP contribution in [0.5, 0.6) is 17.2 Å². The van der Waals surface area contributed by atoms with Crippen LogP contribution in [0.3, 0.4) is 0 Å². The summed E-state index contributed by atoms with van der Waals surface area (Å²) in [6.07, 6.45) is 1.76. The highest BCUT2D eigenvalue weighted by Crippen LogP contribution is 2.42. The number of esters is 1. The Morgan fingerprint density at radius 3 is 2.38 bits per heavy atom. The van der Waals surface area contributed by atoms with Crippen LogP contribution in [-0.4, -0.2) is 86.3 Å². The van der Waals surface area contributed by atoms with Gasteiger partial charge in [-0.2, -0.15) is 0 Å². The van der Waals surface area contributed by atoms with E-state index < -0.39 is 5.60 Å². The first-order valence-electron chi connectivity index (χ1n) is 19.1. The number of methoxy groups -OCH3 is 1. The Balaban J connectivity index is 1.12. The van der Waals surface area contributed by atoms with Crippen molar-refractivity contribution in [1.29, 1.82) is 0 Å². The number of fused-ring (bicyclic) bond motifs is 1. The van der Waals surface area contributed by atoms with E-state index in [1.165, 1.54) is 0 Å². The van der Waals surface area contributed by atoms with Crippen molar-refractivity contribution in [1.82, 2.24) is 9.80 Å². The fraction of sp³-hybridized carbons (Fsp3) is 0.378. The number of rotatable bonds is 14. The predicted octanol–water partition coefficient (Wildman–Crippen LogP) is 8.40. The van der Waals surface area contributed by atoms with Gasteiger partial charge in [-0.3, -0.25) is 19.4 Å². The number of hydrogen-bond donors (Lipinski definition) is 0. The number of nitrogens with zero attached hydrogens (tertiary/aromatic N) is 2. The van der Waals surface area contributed by atoms with Crippen LogP contribution in [0.1, 0.15) is 60.7 Å². The second-order valence-corrected chi connectivity index (χ2v) is 16.1. The van der Waals surface area contributed by atoms with Crippen LogP contribution in [0.25, 0.3) is 20.5 Å². The second kappa shape index (κ2) is 17.4. The summed E-state index contributed by atoms with van der Waals surface area (Å²) in [7, 11) is 1.66. The highest BCUT2D eigenvalue weighted by molar-refractivity contribution is 7.22. The van der Waals surface area contributed by atoms with Crippen molar-refractivity contribution in [2.24, 2.45) is 0 Å². The lowest BCUT2D eigenvalue weighted by Gasteiger charge is -2.27. The van der Waals surface area contributed by atoms with Crippen molar-refractivity contribution in [2.45, 2.75) is 58.4 Å². The van der Waals surface area contributed by atoms with Gasteiger partial charge in [-0.05, 0) is 99.8 Å². The zero-order valence-corrected chi connectivity index (χ0v) is 33.0. The molecule has 1 aromatic heterocycles. The van der Waals surface area contributed by atoms with E-state index in [4.69, 9.17) is 23.7 Å². The van der Waals surface area contributed by atoms with Crippen LogP contribution >= 0.6 is 11.3 Å². The minimum atomic E-state index is -0.512. The molecule has 288 valence electrons. The van der Waals surface area contributed by atoms with E-state index in [-0.39, 0.29) is 17.8 Å². The molecule has 9 nitrogen and oxygen atoms in total. The Morgan fingerprint density at radius 2 is 1.64 bits per heavy atom. The standard InChI is InChI=1S/C45H50N2O7S/c1-45(2,3)54-44(49)38-11-8-20-47(38)23-26-52-35-16-14-32(15-17-35)43-41(37-19-18-36(28-40(37)55-43)53-30-31-9-6-5-7-10-31)42(48)33-12-13-34(39(27-33)50-4)29-46-21-24-51-25-22-46/h5-7,9-10,12-19,27-28,38H,8,11,20-26,29-30H2,1-4H3/t38-/m0/s1. The summed E-state index contributed by atoms with van der Waals surface area (Å²) in [5, 5.41) is 0.874. The maximum Gasteiger partial charge on any atom is 0.323 e. The van der Waals surface area contributed by atoms with Gasteiger partial charge in [-0.15, -0.1) is 11.3 Å². The molecule has 0 saturated carbocycles. The molecule has 5 aromatic rings. The van der Waals surface area contributed by atoms with Crippen LogP contribution in [0.2, 0.25) is 0 Å². The van der Waals surface area contributed by atoms with Crippen molar-refractivity contribution < 1.29 is 33.3 Å². The number of morpholine rings is 1. The highest BCUT2D eigenvalue weighted by atomic mass is 32.1. The number of thiophene rings is 1. The van der Waals surface area contributed by atoms with E-state index in [0.717, 1.165) is 82.2 Å². The van der Waals surface area contributed by atoms with Crippen LogP contribution in [-0.2, 0) is 27.4 Å². The third kappa shape index (κ3) is 9.56. The molecule has 7 rings (SSSR count). The average molecular weight is 763 g/mol. The molecule has 2 saturated heterocycles. The molecule has 0 aliphatic carbocycles. The second-order valence-electron chi connectivity index (χ2n) is 15.1. The number of carbonyl (C=O) groups is 2. The van der Waals surface area contributed by atoms with E-state index in [1.807, 2.05) is 112 Å². The number of ketones is 1. The van der Waals surface area contributed by atoms with E-state index in [2.05, 4.69) is 9.80 Å². The molecule has 0 radical (unpaired) electrons. The fourth-order valence-corrected chi connectivity index (χ4v) is 8.44. The van der Waals surface area contributed by atoms with E-state index in [1.54, 1.807) is 18.4 Å². The minimum absolute atomic E-state index is 0.0686. The van der Waals surface area contributed by atoms with Crippen molar-refractivity contribution in [2.75, 3.05) is 53.1 Å². The normalized spacial score (nSPS) is 16.6. The molecule has 2 fully saturated rings. The molecule has 0 bridgehead atoms. The molecule has 2 aliphatic heterocycles.